The predicted octanol–water partition coefficient (Wildman–Crippen LogP) is 10.9. The van der Waals surface area contributed by atoms with Crippen LogP contribution in [0.15, 0.2) is 0 Å². The van der Waals surface area contributed by atoms with Crippen molar-refractivity contribution in [2.45, 2.75) is 127 Å². The third-order valence-corrected chi connectivity index (χ3v) is 33.5. The smallest absolute Gasteiger partial charge is 0.358 e. The van der Waals surface area contributed by atoms with E-state index < -0.39 is 15.2 Å². The predicted molar refractivity (Wildman–Crippen MR) is 164 cm³/mol. The quantitative estimate of drug-likeness (QED) is 0.153. The summed E-state index contributed by atoms with van der Waals surface area (Å²) < 4.78 is 0. The van der Waals surface area contributed by atoms with Crippen LogP contribution in [0.25, 0.3) is 0 Å². The molecule has 0 N–H and O–H groups in total. The molecule has 4 heteroatoms. The van der Waals surface area contributed by atoms with Gasteiger partial charge in [-0.05, 0) is 65.9 Å². The Labute approximate surface area is 247 Å². The van der Waals surface area contributed by atoms with Crippen LogP contribution in [0.2, 0.25) is 37.3 Å². The Morgan fingerprint density at radius 1 is 0.765 bits per heavy atom. The molecule has 9 unspecified atom stereocenters. The van der Waals surface area contributed by atoms with Gasteiger partial charge in [0.25, 0.3) is 0 Å². The molecule has 34 heavy (non-hydrogen) atoms. The second kappa shape index (κ2) is 14.8. The molecular weight excluding hydrogens is 588 g/mol. The van der Waals surface area contributed by atoms with Crippen molar-refractivity contribution in [2.24, 2.45) is 35.5 Å². The van der Waals surface area contributed by atoms with Gasteiger partial charge < -0.3 is 29.7 Å². The van der Waals surface area contributed by atoms with Crippen LogP contribution in [0.3, 0.4) is 0 Å². The Balaban J connectivity index is 0. The number of unbranched alkanes of at least 4 members (excludes halogenated alkanes) is 1. The summed E-state index contributed by atoms with van der Waals surface area (Å²) in [5, 5.41) is 0. The van der Waals surface area contributed by atoms with Crippen LogP contribution < -0.4 is 0 Å². The normalized spacial score (nSPS) is 38.7. The summed E-state index contributed by atoms with van der Waals surface area (Å²) in [6.45, 7) is 16.6. The zero-order valence-electron chi connectivity index (χ0n) is 24.9. The monoisotopic (exact) mass is 646 g/mol. The summed E-state index contributed by atoms with van der Waals surface area (Å²) in [5.74, 6) is 6.23. The van der Waals surface area contributed by atoms with Gasteiger partial charge in [-0.25, -0.2) is 0 Å². The summed E-state index contributed by atoms with van der Waals surface area (Å²) in [6, 6.07) is 0. The van der Waals surface area contributed by atoms with Gasteiger partial charge in [-0.1, -0.05) is 107 Å². The standard InChI is InChI=1S/C26H49BrSi2.4CH3.Zr/c1-7-8-10-19-13-14-21(16-19)28(3,4)29(5,6)26-18(2)15-23-24(26)17-20-11-9-12-22(20)25(23)27;;;;;/h18-26H,7-17H2,1-6H3;4*1H3;/q;4*-1;+4. The summed E-state index contributed by atoms with van der Waals surface area (Å²) >= 11 is 4.30. The molecule has 0 aliphatic heterocycles. The molecular formula is C30H61BrSi2Zr. The summed E-state index contributed by atoms with van der Waals surface area (Å²) in [4.78, 5) is 0.848. The van der Waals surface area contributed by atoms with Crippen LogP contribution in [0.4, 0.5) is 0 Å². The van der Waals surface area contributed by atoms with E-state index >= 15 is 0 Å². The molecule has 4 fully saturated rings. The second-order valence-electron chi connectivity index (χ2n) is 13.1. The maximum atomic E-state index is 4.30. The van der Waals surface area contributed by atoms with Crippen LogP contribution in [0, 0.1) is 65.2 Å². The number of halogens is 1. The van der Waals surface area contributed by atoms with Gasteiger partial charge in [-0.3, -0.25) is 0 Å². The molecule has 0 aromatic carbocycles. The van der Waals surface area contributed by atoms with E-state index in [2.05, 4.69) is 56.0 Å². The zero-order valence-corrected chi connectivity index (χ0v) is 30.9. The maximum Gasteiger partial charge on any atom is 4.00 e. The van der Waals surface area contributed by atoms with E-state index in [9.17, 15) is 0 Å². The molecule has 0 saturated heterocycles. The number of fused-ring (bicyclic) bond motifs is 2. The van der Waals surface area contributed by atoms with Crippen LogP contribution in [0.5, 0.6) is 0 Å². The Kier molecular flexibility index (Phi) is 16.5. The molecule has 0 nitrogen and oxygen atoms in total. The van der Waals surface area contributed by atoms with E-state index in [1.54, 1.807) is 38.5 Å². The average Bonchev–Trinajstić information content (AvgIpc) is 3.38. The summed E-state index contributed by atoms with van der Waals surface area (Å²) in [6.07, 6.45) is 16.9. The number of hydrogen-bond donors (Lipinski definition) is 0. The molecule has 0 spiro atoms. The van der Waals surface area contributed by atoms with Gasteiger partial charge in [-0.15, -0.1) is 0 Å². The van der Waals surface area contributed by atoms with Crippen LogP contribution in [-0.2, 0) is 26.2 Å². The van der Waals surface area contributed by atoms with Crippen molar-refractivity contribution in [3.05, 3.63) is 29.7 Å². The molecule has 9 atom stereocenters. The minimum atomic E-state index is -1.25. The van der Waals surface area contributed by atoms with Crippen molar-refractivity contribution >= 4 is 31.1 Å². The van der Waals surface area contributed by atoms with Crippen molar-refractivity contribution in [2.75, 3.05) is 0 Å². The minimum Gasteiger partial charge on any atom is -0.358 e. The first kappa shape index (κ1) is 37.9. The van der Waals surface area contributed by atoms with Gasteiger partial charge in [0, 0.05) is 20.0 Å². The molecule has 0 heterocycles. The van der Waals surface area contributed by atoms with Crippen molar-refractivity contribution < 1.29 is 26.2 Å². The van der Waals surface area contributed by atoms with Gasteiger partial charge in [-0.2, -0.15) is 0 Å². The van der Waals surface area contributed by atoms with Crippen molar-refractivity contribution in [3.8, 4) is 0 Å². The van der Waals surface area contributed by atoms with E-state index in [0.717, 1.165) is 51.4 Å². The van der Waals surface area contributed by atoms with Crippen molar-refractivity contribution in [1.29, 1.82) is 0 Å². The number of rotatable bonds is 6. The molecule has 0 aromatic rings. The van der Waals surface area contributed by atoms with Crippen LogP contribution >= 0.6 is 15.9 Å². The fourth-order valence-electron chi connectivity index (χ4n) is 9.26. The van der Waals surface area contributed by atoms with Crippen molar-refractivity contribution in [1.82, 2.24) is 0 Å². The summed E-state index contributed by atoms with van der Waals surface area (Å²) in [7, 11) is -2.44. The molecule has 0 amide bonds. The minimum absolute atomic E-state index is 0. The van der Waals surface area contributed by atoms with E-state index in [1.807, 2.05) is 0 Å². The van der Waals surface area contributed by atoms with Gasteiger partial charge in [0.05, 0.1) is 0 Å². The van der Waals surface area contributed by atoms with E-state index in [4.69, 9.17) is 0 Å². The average molecular weight is 649 g/mol. The third kappa shape index (κ3) is 6.68. The first-order valence-electron chi connectivity index (χ1n) is 13.3. The molecule has 4 saturated carbocycles. The Morgan fingerprint density at radius 2 is 1.41 bits per heavy atom. The topological polar surface area (TPSA) is 0 Å². The maximum absolute atomic E-state index is 4.30. The molecule has 0 aromatic heterocycles. The molecule has 4 rings (SSSR count). The van der Waals surface area contributed by atoms with Crippen molar-refractivity contribution in [3.63, 3.8) is 0 Å². The van der Waals surface area contributed by atoms with Crippen LogP contribution in [0.1, 0.15) is 84.5 Å². The first-order valence-corrected chi connectivity index (χ1v) is 21.4. The second-order valence-corrected chi connectivity index (χ2v) is 30.2. The fourth-order valence-corrected chi connectivity index (χ4v) is 25.3. The van der Waals surface area contributed by atoms with Gasteiger partial charge in [0.15, 0.2) is 0 Å². The van der Waals surface area contributed by atoms with E-state index in [0.29, 0.717) is 0 Å². The Morgan fingerprint density at radius 3 is 2.03 bits per heavy atom. The first-order chi connectivity index (χ1) is 13.7. The van der Waals surface area contributed by atoms with Gasteiger partial charge in [0.1, 0.15) is 0 Å². The van der Waals surface area contributed by atoms with E-state index in [1.165, 1.54) is 32.1 Å². The number of hydrogen-bond acceptors (Lipinski definition) is 0. The van der Waals surface area contributed by atoms with Crippen LogP contribution in [-0.4, -0.2) is 20.0 Å². The molecule has 4 aliphatic carbocycles. The van der Waals surface area contributed by atoms with Gasteiger partial charge in [0.2, 0.25) is 0 Å². The third-order valence-electron chi connectivity index (χ3n) is 11.4. The van der Waals surface area contributed by atoms with Gasteiger partial charge >= 0.3 is 26.2 Å². The molecule has 0 radical (unpaired) electrons. The van der Waals surface area contributed by atoms with E-state index in [-0.39, 0.29) is 55.9 Å². The molecule has 4 aliphatic rings. The molecule has 200 valence electrons. The summed E-state index contributed by atoms with van der Waals surface area (Å²) in [5.41, 5.74) is 2.25. The number of alkyl halides is 1. The zero-order chi connectivity index (χ0) is 21.0. The Bertz CT molecular complexity index is 580. The fraction of sp³-hybridized carbons (Fsp3) is 0.867. The molecule has 0 bridgehead atoms. The largest absolute Gasteiger partial charge is 4.00 e. The SMILES string of the molecule is CCCCC1CCC([Si](C)(C)[Si](C)(C)C2C(C)CC3C(Br)C4CCCC4CC32)C1.[CH3-].[CH3-].[CH3-].[CH3-].[Zr+4]. The Hall–Kier alpha value is 1.80.